The van der Waals surface area contributed by atoms with Crippen LogP contribution in [0, 0.1) is 0 Å². The molecule has 0 aromatic carbocycles. The molecule has 0 aliphatic carbocycles. The molecule has 1 aromatic rings. The highest BCUT2D eigenvalue weighted by Crippen LogP contribution is 2.14. The van der Waals surface area contributed by atoms with Crippen LogP contribution in [0.5, 0.6) is 0 Å². The number of H-pyrrole nitrogens is 1. The molecule has 0 bridgehead atoms. The number of rotatable bonds is 1. The average Bonchev–Trinajstić information content (AvgIpc) is 2.55. The SMILES string of the molecule is O=C1CCN(c2ccc[nH]2)C1. The van der Waals surface area contributed by atoms with Gasteiger partial charge in [0.2, 0.25) is 0 Å². The van der Waals surface area contributed by atoms with E-state index in [4.69, 9.17) is 0 Å². The summed E-state index contributed by atoms with van der Waals surface area (Å²) in [5, 5.41) is 0. The van der Waals surface area contributed by atoms with E-state index in [-0.39, 0.29) is 0 Å². The summed E-state index contributed by atoms with van der Waals surface area (Å²) in [5.41, 5.74) is 0. The third-order valence-electron chi connectivity index (χ3n) is 1.95. The fraction of sp³-hybridized carbons (Fsp3) is 0.375. The molecule has 1 saturated heterocycles. The van der Waals surface area contributed by atoms with Gasteiger partial charge in [-0.25, -0.2) is 0 Å². The number of Topliss-reactive ketones (excluding diaryl/α,β-unsaturated/α-hetero) is 1. The summed E-state index contributed by atoms with van der Waals surface area (Å²) in [5.74, 6) is 1.38. The summed E-state index contributed by atoms with van der Waals surface area (Å²) < 4.78 is 0. The molecule has 2 heterocycles. The normalized spacial score (nSPS) is 17.8. The van der Waals surface area contributed by atoms with Crippen molar-refractivity contribution in [1.29, 1.82) is 0 Å². The van der Waals surface area contributed by atoms with Gasteiger partial charge in [0.1, 0.15) is 5.82 Å². The molecule has 1 aliphatic rings. The predicted molar refractivity (Wildman–Crippen MR) is 42.6 cm³/mol. The molecule has 11 heavy (non-hydrogen) atoms. The Hall–Kier alpha value is -1.25. The standard InChI is InChI=1S/C8H10N2O/c11-7-3-5-10(6-7)8-2-1-4-9-8/h1-2,4,9H,3,5-6H2. The topological polar surface area (TPSA) is 36.1 Å². The van der Waals surface area contributed by atoms with E-state index in [1.807, 2.05) is 18.3 Å². The highest BCUT2D eigenvalue weighted by molar-refractivity contribution is 5.86. The molecule has 1 fully saturated rings. The molecule has 2 rings (SSSR count). The maximum Gasteiger partial charge on any atom is 0.153 e. The maximum atomic E-state index is 10.9. The molecule has 58 valence electrons. The number of carbonyl (C=O) groups excluding carboxylic acids is 1. The number of anilines is 1. The Labute approximate surface area is 65.0 Å². The van der Waals surface area contributed by atoms with E-state index in [1.54, 1.807) is 0 Å². The molecule has 0 saturated carbocycles. The summed E-state index contributed by atoms with van der Waals surface area (Å²) in [7, 11) is 0. The number of nitrogens with zero attached hydrogens (tertiary/aromatic N) is 1. The quantitative estimate of drug-likeness (QED) is 0.642. The fourth-order valence-corrected chi connectivity index (χ4v) is 1.35. The van der Waals surface area contributed by atoms with Crippen molar-refractivity contribution < 1.29 is 4.79 Å². The molecule has 0 spiro atoms. The Morgan fingerprint density at radius 3 is 3.00 bits per heavy atom. The minimum atomic E-state index is 0.333. The van der Waals surface area contributed by atoms with Crippen LogP contribution in [0.25, 0.3) is 0 Å². The minimum absolute atomic E-state index is 0.333. The highest BCUT2D eigenvalue weighted by atomic mass is 16.1. The first-order valence-corrected chi connectivity index (χ1v) is 3.76. The van der Waals surface area contributed by atoms with Crippen molar-refractivity contribution in [2.45, 2.75) is 6.42 Å². The molecule has 0 amide bonds. The van der Waals surface area contributed by atoms with Gasteiger partial charge in [0.05, 0.1) is 6.54 Å². The Morgan fingerprint density at radius 1 is 1.55 bits per heavy atom. The van der Waals surface area contributed by atoms with Gasteiger partial charge >= 0.3 is 0 Å². The van der Waals surface area contributed by atoms with Gasteiger partial charge in [0.25, 0.3) is 0 Å². The first kappa shape index (κ1) is 6.46. The Kier molecular flexibility index (Phi) is 1.42. The van der Waals surface area contributed by atoms with E-state index in [0.29, 0.717) is 18.7 Å². The summed E-state index contributed by atoms with van der Waals surface area (Å²) in [6.07, 6.45) is 2.57. The Bertz CT molecular complexity index is 253. The van der Waals surface area contributed by atoms with E-state index >= 15 is 0 Å². The zero-order chi connectivity index (χ0) is 7.68. The Balaban J connectivity index is 2.13. The molecule has 1 aliphatic heterocycles. The molecule has 1 N–H and O–H groups in total. The summed E-state index contributed by atoms with van der Waals surface area (Å²) in [6, 6.07) is 3.93. The maximum absolute atomic E-state index is 10.9. The number of nitrogens with one attached hydrogen (secondary N) is 1. The van der Waals surface area contributed by atoms with E-state index in [1.165, 1.54) is 0 Å². The molecule has 3 heteroatoms. The minimum Gasteiger partial charge on any atom is -0.350 e. The highest BCUT2D eigenvalue weighted by Gasteiger charge is 2.19. The van der Waals surface area contributed by atoms with Crippen molar-refractivity contribution in [3.63, 3.8) is 0 Å². The lowest BCUT2D eigenvalue weighted by molar-refractivity contribution is -0.116. The van der Waals surface area contributed by atoms with Crippen LogP contribution >= 0.6 is 0 Å². The van der Waals surface area contributed by atoms with Gasteiger partial charge in [-0.1, -0.05) is 0 Å². The van der Waals surface area contributed by atoms with Gasteiger partial charge in [-0.15, -0.1) is 0 Å². The summed E-state index contributed by atoms with van der Waals surface area (Å²) in [4.78, 5) is 16.0. The van der Waals surface area contributed by atoms with Crippen LogP contribution in [0.2, 0.25) is 0 Å². The molecule has 0 radical (unpaired) electrons. The second kappa shape index (κ2) is 2.42. The van der Waals surface area contributed by atoms with Gasteiger partial charge in [-0.2, -0.15) is 0 Å². The van der Waals surface area contributed by atoms with E-state index in [0.717, 1.165) is 12.4 Å². The lowest BCUT2D eigenvalue weighted by Crippen LogP contribution is -2.19. The average molecular weight is 150 g/mol. The van der Waals surface area contributed by atoms with Gasteiger partial charge in [-0.05, 0) is 12.1 Å². The number of hydrogen-bond donors (Lipinski definition) is 1. The molecular formula is C8H10N2O. The van der Waals surface area contributed by atoms with Crippen molar-refractivity contribution in [3.05, 3.63) is 18.3 Å². The smallest absolute Gasteiger partial charge is 0.153 e. The molecule has 3 nitrogen and oxygen atoms in total. The van der Waals surface area contributed by atoms with Crippen LogP contribution in [0.3, 0.4) is 0 Å². The third kappa shape index (κ3) is 1.13. The van der Waals surface area contributed by atoms with Crippen molar-refractivity contribution in [2.24, 2.45) is 0 Å². The van der Waals surface area contributed by atoms with Crippen LogP contribution in [0.15, 0.2) is 18.3 Å². The van der Waals surface area contributed by atoms with Crippen molar-refractivity contribution >= 4 is 11.6 Å². The zero-order valence-corrected chi connectivity index (χ0v) is 6.21. The molecule has 0 atom stereocenters. The summed E-state index contributed by atoms with van der Waals surface area (Å²) in [6.45, 7) is 1.43. The van der Waals surface area contributed by atoms with Gasteiger partial charge < -0.3 is 9.88 Å². The van der Waals surface area contributed by atoms with Crippen LogP contribution in [0.1, 0.15) is 6.42 Å². The first-order valence-electron chi connectivity index (χ1n) is 3.76. The second-order valence-electron chi connectivity index (χ2n) is 2.77. The van der Waals surface area contributed by atoms with E-state index < -0.39 is 0 Å². The van der Waals surface area contributed by atoms with Gasteiger partial charge in [0, 0.05) is 19.2 Å². The van der Waals surface area contributed by atoms with Crippen LogP contribution in [0.4, 0.5) is 5.82 Å². The van der Waals surface area contributed by atoms with Gasteiger partial charge in [0.15, 0.2) is 5.78 Å². The number of ketones is 1. The molecule has 0 unspecified atom stereocenters. The van der Waals surface area contributed by atoms with Crippen LogP contribution < -0.4 is 4.90 Å². The third-order valence-corrected chi connectivity index (χ3v) is 1.95. The predicted octanol–water partition coefficient (Wildman–Crippen LogP) is 0.794. The van der Waals surface area contributed by atoms with Crippen LogP contribution in [-0.4, -0.2) is 23.9 Å². The van der Waals surface area contributed by atoms with Gasteiger partial charge in [-0.3, -0.25) is 4.79 Å². The number of carbonyl (C=O) groups is 1. The van der Waals surface area contributed by atoms with Crippen molar-refractivity contribution in [1.82, 2.24) is 4.98 Å². The fourth-order valence-electron chi connectivity index (χ4n) is 1.35. The van der Waals surface area contributed by atoms with E-state index in [2.05, 4.69) is 9.88 Å². The summed E-state index contributed by atoms with van der Waals surface area (Å²) >= 11 is 0. The van der Waals surface area contributed by atoms with Crippen LogP contribution in [-0.2, 0) is 4.79 Å². The van der Waals surface area contributed by atoms with Crippen molar-refractivity contribution in [3.8, 4) is 0 Å². The lowest BCUT2D eigenvalue weighted by atomic mass is 10.4. The number of hydrogen-bond acceptors (Lipinski definition) is 2. The zero-order valence-electron chi connectivity index (χ0n) is 6.21. The lowest BCUT2D eigenvalue weighted by Gasteiger charge is -2.12. The monoisotopic (exact) mass is 150 g/mol. The number of aromatic amines is 1. The van der Waals surface area contributed by atoms with Crippen molar-refractivity contribution in [2.75, 3.05) is 18.0 Å². The number of aromatic nitrogens is 1. The largest absolute Gasteiger partial charge is 0.350 e. The molecular weight excluding hydrogens is 140 g/mol. The molecule has 1 aromatic heterocycles. The Morgan fingerprint density at radius 2 is 2.45 bits per heavy atom. The first-order chi connectivity index (χ1) is 5.36. The second-order valence-corrected chi connectivity index (χ2v) is 2.77. The van der Waals surface area contributed by atoms with E-state index in [9.17, 15) is 4.79 Å².